The van der Waals surface area contributed by atoms with E-state index in [0.717, 1.165) is 12.2 Å². The second kappa shape index (κ2) is 15.7. The Labute approximate surface area is 113 Å². The fourth-order valence-corrected chi connectivity index (χ4v) is 2.90. The van der Waals surface area contributed by atoms with Crippen LogP contribution in [0.4, 0.5) is 0 Å². The molecule has 0 atom stereocenters. The molecule has 0 rings (SSSR count). The summed E-state index contributed by atoms with van der Waals surface area (Å²) in [6, 6.07) is 0. The first-order chi connectivity index (χ1) is 7.91. The van der Waals surface area contributed by atoms with Gasteiger partial charge in [0, 0.05) is 5.75 Å². The topological polar surface area (TPSA) is 0 Å². The van der Waals surface area contributed by atoms with E-state index >= 15 is 0 Å². The van der Waals surface area contributed by atoms with Crippen molar-refractivity contribution < 1.29 is 0 Å². The summed E-state index contributed by atoms with van der Waals surface area (Å²) in [6.07, 6.45) is 13.5. The van der Waals surface area contributed by atoms with Gasteiger partial charge in [0.15, 0.2) is 0 Å². The third-order valence-electron chi connectivity index (χ3n) is 2.72. The maximum Gasteiger partial charge on any atom is 0.00369 e. The quantitative estimate of drug-likeness (QED) is 0.385. The Morgan fingerprint density at radius 1 is 0.688 bits per heavy atom. The van der Waals surface area contributed by atoms with E-state index in [9.17, 15) is 0 Å². The number of unbranched alkanes of at least 4 members (excludes halogenated alkanes) is 8. The fourth-order valence-electron chi connectivity index (χ4n) is 1.67. The molecule has 0 aromatic rings. The van der Waals surface area contributed by atoms with E-state index in [0.29, 0.717) is 0 Å². The van der Waals surface area contributed by atoms with Crippen molar-refractivity contribution in [1.29, 1.82) is 0 Å². The first kappa shape index (κ1) is 16.7. The number of hydrogen-bond donors (Lipinski definition) is 0. The van der Waals surface area contributed by atoms with Crippen LogP contribution in [0.25, 0.3) is 0 Å². The van der Waals surface area contributed by atoms with Crippen LogP contribution in [0.2, 0.25) is 0 Å². The molecule has 16 heavy (non-hydrogen) atoms. The molecule has 2 heteroatoms. The molecule has 0 nitrogen and oxygen atoms in total. The summed E-state index contributed by atoms with van der Waals surface area (Å²) in [6.45, 7) is 3.85. The SMILES string of the molecule is [CH2]CCCSCCCCCCCCCC[S]. The number of hydrogen-bond acceptors (Lipinski definition) is 1. The van der Waals surface area contributed by atoms with Crippen LogP contribution < -0.4 is 0 Å². The van der Waals surface area contributed by atoms with Gasteiger partial charge < -0.3 is 0 Å². The molecule has 0 aromatic heterocycles. The lowest BCUT2D eigenvalue weighted by atomic mass is 10.1. The molecule has 0 heterocycles. The summed E-state index contributed by atoms with van der Waals surface area (Å²) in [5.74, 6) is 3.62. The largest absolute Gasteiger partial charge is 0.162 e. The molecule has 0 aliphatic heterocycles. The van der Waals surface area contributed by atoms with Crippen LogP contribution in [0.1, 0.15) is 64.2 Å². The van der Waals surface area contributed by atoms with Crippen LogP contribution in [0.15, 0.2) is 0 Å². The van der Waals surface area contributed by atoms with Gasteiger partial charge in [0.2, 0.25) is 0 Å². The minimum atomic E-state index is 0.949. The Kier molecular flexibility index (Phi) is 16.4. The molecule has 0 amide bonds. The molecule has 0 unspecified atom stereocenters. The number of thioether (sulfide) groups is 1. The highest BCUT2D eigenvalue weighted by atomic mass is 32.2. The van der Waals surface area contributed by atoms with E-state index in [1.807, 2.05) is 0 Å². The highest BCUT2D eigenvalue weighted by Gasteiger charge is 1.93. The molecule has 0 bridgehead atoms. The molecule has 0 saturated heterocycles. The van der Waals surface area contributed by atoms with Crippen LogP contribution in [0.3, 0.4) is 0 Å². The van der Waals surface area contributed by atoms with E-state index in [4.69, 9.17) is 12.6 Å². The summed E-state index contributed by atoms with van der Waals surface area (Å²) in [5.41, 5.74) is 0. The summed E-state index contributed by atoms with van der Waals surface area (Å²) in [5, 5.41) is 0. The van der Waals surface area contributed by atoms with Gasteiger partial charge in [-0.05, 0) is 30.8 Å². The van der Waals surface area contributed by atoms with Gasteiger partial charge in [-0.25, -0.2) is 0 Å². The van der Waals surface area contributed by atoms with Crippen LogP contribution in [0.5, 0.6) is 0 Å². The van der Waals surface area contributed by atoms with Crippen LogP contribution in [-0.2, 0) is 0 Å². The van der Waals surface area contributed by atoms with Crippen molar-refractivity contribution in [2.75, 3.05) is 17.3 Å². The smallest absolute Gasteiger partial charge is 0.00369 e. The van der Waals surface area contributed by atoms with Gasteiger partial charge in [-0.15, -0.1) is 0 Å². The predicted molar refractivity (Wildman–Crippen MR) is 81.3 cm³/mol. The van der Waals surface area contributed by atoms with Gasteiger partial charge in [0.25, 0.3) is 0 Å². The molecule has 0 fully saturated rings. The maximum absolute atomic E-state index is 4.92. The molecular weight excluding hydrogens is 232 g/mol. The van der Waals surface area contributed by atoms with Gasteiger partial charge in [-0.2, -0.15) is 11.8 Å². The molecule has 96 valence electrons. The van der Waals surface area contributed by atoms with Gasteiger partial charge in [-0.1, -0.05) is 64.5 Å². The Morgan fingerprint density at radius 2 is 1.19 bits per heavy atom. The summed E-state index contributed by atoms with van der Waals surface area (Å²) in [4.78, 5) is 0. The molecule has 0 N–H and O–H groups in total. The average molecular weight is 261 g/mol. The van der Waals surface area contributed by atoms with Crippen molar-refractivity contribution in [3.8, 4) is 0 Å². The highest BCUT2D eigenvalue weighted by molar-refractivity contribution is 7.99. The minimum absolute atomic E-state index is 0.949. The first-order valence-corrected chi connectivity index (χ1v) is 8.60. The molecule has 0 aromatic carbocycles. The third-order valence-corrected chi connectivity index (χ3v) is 4.17. The zero-order valence-electron chi connectivity index (χ0n) is 10.7. The average Bonchev–Trinajstić information content (AvgIpc) is 2.31. The predicted octanol–water partition coefficient (Wildman–Crippen LogP) is 5.65. The summed E-state index contributed by atoms with van der Waals surface area (Å²) in [7, 11) is 0. The van der Waals surface area contributed by atoms with E-state index < -0.39 is 0 Å². The van der Waals surface area contributed by atoms with Crippen molar-refractivity contribution in [3.63, 3.8) is 0 Å². The lowest BCUT2D eigenvalue weighted by molar-refractivity contribution is 0.588. The molecule has 0 aliphatic rings. The minimum Gasteiger partial charge on any atom is -0.162 e. The van der Waals surface area contributed by atoms with E-state index in [1.165, 1.54) is 69.3 Å². The number of rotatable bonds is 13. The Hall–Kier alpha value is 0.700. The highest BCUT2D eigenvalue weighted by Crippen LogP contribution is 2.12. The Morgan fingerprint density at radius 3 is 1.75 bits per heavy atom. The van der Waals surface area contributed by atoms with Crippen molar-refractivity contribution >= 4 is 24.4 Å². The zero-order chi connectivity index (χ0) is 11.9. The summed E-state index contributed by atoms with van der Waals surface area (Å²) < 4.78 is 0. The lowest BCUT2D eigenvalue weighted by Crippen LogP contribution is -1.85. The van der Waals surface area contributed by atoms with Gasteiger partial charge in [-0.3, -0.25) is 0 Å². The van der Waals surface area contributed by atoms with Gasteiger partial charge in [0.1, 0.15) is 0 Å². The van der Waals surface area contributed by atoms with Gasteiger partial charge in [0.05, 0.1) is 0 Å². The molecule has 0 aliphatic carbocycles. The normalized spacial score (nSPS) is 10.9. The molecule has 0 saturated carbocycles. The van der Waals surface area contributed by atoms with Crippen LogP contribution in [-0.4, -0.2) is 17.3 Å². The zero-order valence-corrected chi connectivity index (χ0v) is 12.3. The fraction of sp³-hybridized carbons (Fsp3) is 0.929. The van der Waals surface area contributed by atoms with E-state index in [-0.39, 0.29) is 0 Å². The second-order valence-corrected chi connectivity index (χ2v) is 5.99. The Bertz CT molecular complexity index is 101. The third kappa shape index (κ3) is 14.7. The molecule has 2 radical (unpaired) electrons. The maximum atomic E-state index is 4.92. The van der Waals surface area contributed by atoms with Crippen LogP contribution >= 0.6 is 24.4 Å². The molecular formula is C14H28S2. The standard InChI is InChI=1S/C14H28S2/c1-2-3-13-16-14-11-9-7-5-4-6-8-10-12-15/h1-14H2. The van der Waals surface area contributed by atoms with Crippen molar-refractivity contribution in [2.45, 2.75) is 64.2 Å². The van der Waals surface area contributed by atoms with Gasteiger partial charge >= 0.3 is 0 Å². The van der Waals surface area contributed by atoms with Crippen molar-refractivity contribution in [2.24, 2.45) is 0 Å². The Balaban J connectivity index is 2.83. The van der Waals surface area contributed by atoms with Crippen molar-refractivity contribution in [1.82, 2.24) is 0 Å². The first-order valence-electron chi connectivity index (χ1n) is 6.87. The second-order valence-electron chi connectivity index (χ2n) is 4.35. The van der Waals surface area contributed by atoms with E-state index in [1.54, 1.807) is 0 Å². The molecule has 0 spiro atoms. The van der Waals surface area contributed by atoms with E-state index in [2.05, 4.69) is 18.7 Å². The monoisotopic (exact) mass is 260 g/mol. The van der Waals surface area contributed by atoms with Crippen molar-refractivity contribution in [3.05, 3.63) is 6.92 Å². The van der Waals surface area contributed by atoms with Crippen LogP contribution in [0, 0.1) is 6.92 Å². The summed E-state index contributed by atoms with van der Waals surface area (Å²) >= 11 is 7.03. The lowest BCUT2D eigenvalue weighted by Gasteiger charge is -2.02.